The highest BCUT2D eigenvalue weighted by Gasteiger charge is 2.34. The molecule has 1 aromatic rings. The van der Waals surface area contributed by atoms with Crippen LogP contribution in [0.2, 0.25) is 0 Å². The predicted molar refractivity (Wildman–Crippen MR) is 75.5 cm³/mol. The molecule has 2 aliphatic rings. The Morgan fingerprint density at radius 2 is 2.11 bits per heavy atom. The number of aryl methyl sites for hydroxylation is 1. The van der Waals surface area contributed by atoms with Gasteiger partial charge in [0.2, 0.25) is 5.91 Å². The van der Waals surface area contributed by atoms with Crippen LogP contribution >= 0.6 is 0 Å². The SMILES string of the molecule is NC[C@H]1CCC[C@H]1C(=O)NC1CCc2ccccc21. The van der Waals surface area contributed by atoms with E-state index in [1.54, 1.807) is 0 Å². The van der Waals surface area contributed by atoms with Gasteiger partial charge in [-0.25, -0.2) is 0 Å². The van der Waals surface area contributed by atoms with Gasteiger partial charge in [0.25, 0.3) is 0 Å². The molecule has 0 spiro atoms. The quantitative estimate of drug-likeness (QED) is 0.873. The van der Waals surface area contributed by atoms with Gasteiger partial charge in [-0.1, -0.05) is 30.7 Å². The van der Waals surface area contributed by atoms with Crippen LogP contribution in [0.15, 0.2) is 24.3 Å². The van der Waals surface area contributed by atoms with Crippen molar-refractivity contribution in [3.05, 3.63) is 35.4 Å². The fourth-order valence-corrected chi connectivity index (χ4v) is 3.65. The molecular formula is C16H22N2O. The normalized spacial score (nSPS) is 29.2. The van der Waals surface area contributed by atoms with Crippen molar-refractivity contribution in [3.63, 3.8) is 0 Å². The van der Waals surface area contributed by atoms with Crippen LogP contribution in [0.3, 0.4) is 0 Å². The van der Waals surface area contributed by atoms with Crippen molar-refractivity contribution in [1.82, 2.24) is 5.32 Å². The molecule has 102 valence electrons. The summed E-state index contributed by atoms with van der Waals surface area (Å²) in [6.07, 6.45) is 5.36. The fraction of sp³-hybridized carbons (Fsp3) is 0.562. The molecule has 3 rings (SSSR count). The van der Waals surface area contributed by atoms with Crippen LogP contribution in [0.1, 0.15) is 42.9 Å². The largest absolute Gasteiger partial charge is 0.349 e. The van der Waals surface area contributed by atoms with E-state index in [4.69, 9.17) is 5.73 Å². The lowest BCUT2D eigenvalue weighted by Gasteiger charge is -2.21. The third-order valence-corrected chi connectivity index (χ3v) is 4.75. The molecule has 19 heavy (non-hydrogen) atoms. The zero-order chi connectivity index (χ0) is 13.2. The second kappa shape index (κ2) is 5.33. The number of carbonyl (C=O) groups excluding carboxylic acids is 1. The fourth-order valence-electron chi connectivity index (χ4n) is 3.65. The van der Waals surface area contributed by atoms with Gasteiger partial charge in [0.1, 0.15) is 0 Å². The van der Waals surface area contributed by atoms with E-state index < -0.39 is 0 Å². The minimum atomic E-state index is 0.137. The Morgan fingerprint density at radius 3 is 2.95 bits per heavy atom. The van der Waals surface area contributed by atoms with Crippen molar-refractivity contribution in [2.45, 2.75) is 38.1 Å². The summed E-state index contributed by atoms with van der Waals surface area (Å²) >= 11 is 0. The molecule has 3 heteroatoms. The highest BCUT2D eigenvalue weighted by atomic mass is 16.2. The Hall–Kier alpha value is -1.35. The Bertz CT molecular complexity index is 472. The van der Waals surface area contributed by atoms with Crippen molar-refractivity contribution in [1.29, 1.82) is 0 Å². The molecular weight excluding hydrogens is 236 g/mol. The molecule has 0 heterocycles. The van der Waals surface area contributed by atoms with Crippen LogP contribution < -0.4 is 11.1 Å². The summed E-state index contributed by atoms with van der Waals surface area (Å²) in [4.78, 5) is 12.4. The van der Waals surface area contributed by atoms with Crippen molar-refractivity contribution in [2.24, 2.45) is 17.6 Å². The summed E-state index contributed by atoms with van der Waals surface area (Å²) in [7, 11) is 0. The number of amides is 1. The molecule has 2 aliphatic carbocycles. The van der Waals surface area contributed by atoms with Crippen LogP contribution in [0.25, 0.3) is 0 Å². The number of hydrogen-bond acceptors (Lipinski definition) is 2. The van der Waals surface area contributed by atoms with Crippen LogP contribution in [0.5, 0.6) is 0 Å². The molecule has 3 atom stereocenters. The highest BCUT2D eigenvalue weighted by molar-refractivity contribution is 5.80. The first-order valence-electron chi connectivity index (χ1n) is 7.38. The molecule has 1 saturated carbocycles. The maximum Gasteiger partial charge on any atom is 0.223 e. The van der Waals surface area contributed by atoms with Crippen LogP contribution in [-0.4, -0.2) is 12.5 Å². The first-order chi connectivity index (χ1) is 9.29. The Kier molecular flexibility index (Phi) is 3.56. The van der Waals surface area contributed by atoms with Crippen molar-refractivity contribution in [3.8, 4) is 0 Å². The average molecular weight is 258 g/mol. The molecule has 1 unspecified atom stereocenters. The number of nitrogens with two attached hydrogens (primary N) is 1. The summed E-state index contributed by atoms with van der Waals surface area (Å²) in [5, 5.41) is 3.25. The molecule has 0 bridgehead atoms. The summed E-state index contributed by atoms with van der Waals surface area (Å²) in [6, 6.07) is 8.65. The minimum absolute atomic E-state index is 0.137. The van der Waals surface area contributed by atoms with E-state index in [-0.39, 0.29) is 17.9 Å². The van der Waals surface area contributed by atoms with Gasteiger partial charge < -0.3 is 11.1 Å². The average Bonchev–Trinajstić information content (AvgIpc) is 3.05. The van der Waals surface area contributed by atoms with E-state index in [2.05, 4.69) is 29.6 Å². The van der Waals surface area contributed by atoms with E-state index in [1.807, 2.05) is 0 Å². The van der Waals surface area contributed by atoms with Crippen molar-refractivity contribution < 1.29 is 4.79 Å². The number of fused-ring (bicyclic) bond motifs is 1. The summed E-state index contributed by atoms with van der Waals surface area (Å²) in [5.74, 6) is 0.740. The smallest absolute Gasteiger partial charge is 0.223 e. The molecule has 0 aromatic heterocycles. The number of nitrogens with one attached hydrogen (secondary N) is 1. The molecule has 1 amide bonds. The van der Waals surface area contributed by atoms with Crippen LogP contribution in [-0.2, 0) is 11.2 Å². The van der Waals surface area contributed by atoms with E-state index in [9.17, 15) is 4.79 Å². The Labute approximate surface area is 114 Å². The maximum absolute atomic E-state index is 12.4. The summed E-state index contributed by atoms with van der Waals surface area (Å²) < 4.78 is 0. The maximum atomic E-state index is 12.4. The first-order valence-corrected chi connectivity index (χ1v) is 7.38. The third-order valence-electron chi connectivity index (χ3n) is 4.75. The monoisotopic (exact) mass is 258 g/mol. The van der Waals surface area contributed by atoms with Gasteiger partial charge in [-0.15, -0.1) is 0 Å². The predicted octanol–water partition coefficient (Wildman–Crippen LogP) is 2.17. The zero-order valence-corrected chi connectivity index (χ0v) is 11.3. The van der Waals surface area contributed by atoms with Gasteiger partial charge in [0.15, 0.2) is 0 Å². The van der Waals surface area contributed by atoms with E-state index in [1.165, 1.54) is 11.1 Å². The van der Waals surface area contributed by atoms with Crippen molar-refractivity contribution in [2.75, 3.05) is 6.54 Å². The molecule has 3 N–H and O–H groups in total. The van der Waals surface area contributed by atoms with Crippen molar-refractivity contribution >= 4 is 5.91 Å². The molecule has 0 saturated heterocycles. The molecule has 3 nitrogen and oxygen atoms in total. The molecule has 1 fully saturated rings. The van der Waals surface area contributed by atoms with Gasteiger partial charge in [-0.2, -0.15) is 0 Å². The lowest BCUT2D eigenvalue weighted by molar-refractivity contribution is -0.126. The lowest BCUT2D eigenvalue weighted by atomic mass is 9.94. The minimum Gasteiger partial charge on any atom is -0.349 e. The van der Waals surface area contributed by atoms with E-state index in [0.29, 0.717) is 12.5 Å². The molecule has 0 radical (unpaired) electrons. The topological polar surface area (TPSA) is 55.1 Å². The summed E-state index contributed by atoms with van der Waals surface area (Å²) in [6.45, 7) is 0.638. The van der Waals surface area contributed by atoms with Gasteiger partial charge in [0, 0.05) is 5.92 Å². The van der Waals surface area contributed by atoms with Crippen LogP contribution in [0, 0.1) is 11.8 Å². The zero-order valence-electron chi connectivity index (χ0n) is 11.3. The molecule has 1 aromatic carbocycles. The molecule has 0 aliphatic heterocycles. The number of hydrogen-bond donors (Lipinski definition) is 2. The van der Waals surface area contributed by atoms with E-state index >= 15 is 0 Å². The van der Waals surface area contributed by atoms with Gasteiger partial charge in [-0.3, -0.25) is 4.79 Å². The van der Waals surface area contributed by atoms with Gasteiger partial charge in [0.05, 0.1) is 6.04 Å². The summed E-state index contributed by atoms with van der Waals surface area (Å²) in [5.41, 5.74) is 8.45. The second-order valence-electron chi connectivity index (χ2n) is 5.83. The number of rotatable bonds is 3. The third kappa shape index (κ3) is 2.39. The highest BCUT2D eigenvalue weighted by Crippen LogP contribution is 2.34. The standard InChI is InChI=1S/C16H22N2O/c17-10-12-5-3-7-14(12)16(19)18-15-9-8-11-4-1-2-6-13(11)15/h1-2,4,6,12,14-15H,3,5,7-10,17H2,(H,18,19)/t12-,14-,15?/m1/s1. The Morgan fingerprint density at radius 1 is 1.26 bits per heavy atom. The second-order valence-corrected chi connectivity index (χ2v) is 5.83. The van der Waals surface area contributed by atoms with Gasteiger partial charge in [-0.05, 0) is 49.3 Å². The number of carbonyl (C=O) groups is 1. The van der Waals surface area contributed by atoms with Gasteiger partial charge >= 0.3 is 0 Å². The van der Waals surface area contributed by atoms with Crippen LogP contribution in [0.4, 0.5) is 0 Å². The van der Waals surface area contributed by atoms with E-state index in [0.717, 1.165) is 32.1 Å². The first kappa shape index (κ1) is 12.7. The Balaban J connectivity index is 1.68. The number of benzene rings is 1. The lowest BCUT2D eigenvalue weighted by Crippen LogP contribution is -2.36.